The zero-order chi connectivity index (χ0) is 12.8. The highest BCUT2D eigenvalue weighted by Crippen LogP contribution is 2.15. The van der Waals surface area contributed by atoms with Gasteiger partial charge in [0.15, 0.2) is 0 Å². The number of hydrogen-bond donors (Lipinski definition) is 1. The molecule has 0 radical (unpaired) electrons. The van der Waals surface area contributed by atoms with Crippen LogP contribution in [-0.4, -0.2) is 35.6 Å². The van der Waals surface area contributed by atoms with Crippen LogP contribution < -0.4 is 5.32 Å². The van der Waals surface area contributed by atoms with Gasteiger partial charge in [-0.3, -0.25) is 9.88 Å². The van der Waals surface area contributed by atoms with Crippen LogP contribution in [-0.2, 0) is 6.54 Å². The molecule has 1 aliphatic rings. The first kappa shape index (κ1) is 13.5. The predicted octanol–water partition coefficient (Wildman–Crippen LogP) is 2.43. The van der Waals surface area contributed by atoms with Crippen LogP contribution in [0.2, 0.25) is 0 Å². The molecule has 3 nitrogen and oxygen atoms in total. The van der Waals surface area contributed by atoms with Gasteiger partial charge >= 0.3 is 0 Å². The molecule has 1 saturated heterocycles. The summed E-state index contributed by atoms with van der Waals surface area (Å²) < 4.78 is 0. The highest BCUT2D eigenvalue weighted by atomic mass is 15.1. The van der Waals surface area contributed by atoms with E-state index in [9.17, 15) is 0 Å². The fourth-order valence-corrected chi connectivity index (χ4v) is 2.65. The lowest BCUT2D eigenvalue weighted by molar-refractivity contribution is 0.209. The van der Waals surface area contributed by atoms with Crippen LogP contribution in [0.1, 0.15) is 38.2 Å². The van der Waals surface area contributed by atoms with Gasteiger partial charge in [0, 0.05) is 31.0 Å². The molecule has 2 heterocycles. The average Bonchev–Trinajstić information content (AvgIpc) is 2.41. The summed E-state index contributed by atoms with van der Waals surface area (Å²) >= 11 is 0. The van der Waals surface area contributed by atoms with Gasteiger partial charge in [0.1, 0.15) is 0 Å². The Morgan fingerprint density at radius 1 is 1.50 bits per heavy atom. The Bertz CT molecular complexity index is 333. The van der Waals surface area contributed by atoms with Crippen LogP contribution in [0.25, 0.3) is 0 Å². The lowest BCUT2D eigenvalue weighted by Gasteiger charge is -2.31. The average molecular weight is 247 g/mol. The summed E-state index contributed by atoms with van der Waals surface area (Å²) in [4.78, 5) is 6.60. The first-order valence-corrected chi connectivity index (χ1v) is 7.08. The molecule has 0 aromatic carbocycles. The highest BCUT2D eigenvalue weighted by molar-refractivity contribution is 5.08. The van der Waals surface area contributed by atoms with E-state index in [1.54, 1.807) is 0 Å². The first-order chi connectivity index (χ1) is 8.75. The van der Waals surface area contributed by atoms with E-state index in [0.29, 0.717) is 12.1 Å². The van der Waals surface area contributed by atoms with Gasteiger partial charge in [-0.15, -0.1) is 0 Å². The minimum absolute atomic E-state index is 0.612. The summed E-state index contributed by atoms with van der Waals surface area (Å²) in [7, 11) is 2.21. The fraction of sp³-hybridized carbons (Fsp3) is 0.667. The predicted molar refractivity (Wildman–Crippen MR) is 75.4 cm³/mol. The van der Waals surface area contributed by atoms with E-state index in [-0.39, 0.29) is 0 Å². The molecule has 0 amide bonds. The van der Waals surface area contributed by atoms with E-state index in [1.807, 2.05) is 18.5 Å². The Balaban J connectivity index is 1.79. The number of nitrogens with one attached hydrogen (secondary N) is 1. The molecule has 100 valence electrons. The van der Waals surface area contributed by atoms with Crippen LogP contribution in [0.5, 0.6) is 0 Å². The maximum absolute atomic E-state index is 4.17. The minimum Gasteiger partial charge on any atom is -0.314 e. The van der Waals surface area contributed by atoms with Crippen molar-refractivity contribution in [3.05, 3.63) is 30.1 Å². The Hall–Kier alpha value is -0.930. The van der Waals surface area contributed by atoms with Crippen molar-refractivity contribution in [3.63, 3.8) is 0 Å². The van der Waals surface area contributed by atoms with E-state index < -0.39 is 0 Å². The van der Waals surface area contributed by atoms with Gasteiger partial charge in [-0.25, -0.2) is 0 Å². The van der Waals surface area contributed by atoms with Gasteiger partial charge in [-0.1, -0.05) is 12.5 Å². The second kappa shape index (κ2) is 6.86. The number of nitrogens with zero attached hydrogens (tertiary/aromatic N) is 2. The van der Waals surface area contributed by atoms with Crippen molar-refractivity contribution in [2.75, 3.05) is 13.6 Å². The second-order valence-electron chi connectivity index (χ2n) is 5.51. The number of rotatable bonds is 5. The summed E-state index contributed by atoms with van der Waals surface area (Å²) in [5.41, 5.74) is 1.29. The standard InChI is InChI=1S/C15H25N3/c1-13(10-15-7-3-4-9-17-15)18(2)12-14-6-5-8-16-11-14/h5-6,8,11,13,15,17H,3-4,7,9-10,12H2,1-2H3. The topological polar surface area (TPSA) is 28.2 Å². The molecule has 1 fully saturated rings. The summed E-state index contributed by atoms with van der Waals surface area (Å²) in [6.07, 6.45) is 9.11. The molecule has 3 heteroatoms. The maximum Gasteiger partial charge on any atom is 0.0312 e. The zero-order valence-electron chi connectivity index (χ0n) is 11.6. The van der Waals surface area contributed by atoms with Crippen LogP contribution in [0.4, 0.5) is 0 Å². The van der Waals surface area contributed by atoms with E-state index in [4.69, 9.17) is 0 Å². The highest BCUT2D eigenvalue weighted by Gasteiger charge is 2.18. The van der Waals surface area contributed by atoms with Crippen LogP contribution in [0.15, 0.2) is 24.5 Å². The van der Waals surface area contributed by atoms with Gasteiger partial charge in [0.2, 0.25) is 0 Å². The molecule has 1 N–H and O–H groups in total. The first-order valence-electron chi connectivity index (χ1n) is 7.08. The Morgan fingerprint density at radius 3 is 3.06 bits per heavy atom. The molecule has 0 bridgehead atoms. The molecule has 1 aliphatic heterocycles. The number of aromatic nitrogens is 1. The molecular formula is C15H25N3. The summed E-state index contributed by atoms with van der Waals surface area (Å²) in [5.74, 6) is 0. The molecule has 18 heavy (non-hydrogen) atoms. The third kappa shape index (κ3) is 4.07. The molecule has 1 aromatic rings. The van der Waals surface area contributed by atoms with Crippen LogP contribution in [0.3, 0.4) is 0 Å². The van der Waals surface area contributed by atoms with Crippen molar-refractivity contribution in [2.24, 2.45) is 0 Å². The monoisotopic (exact) mass is 247 g/mol. The molecule has 0 spiro atoms. The van der Waals surface area contributed by atoms with Crippen molar-refractivity contribution in [2.45, 2.75) is 51.2 Å². The Labute approximate surface area is 111 Å². The van der Waals surface area contributed by atoms with E-state index in [0.717, 1.165) is 6.54 Å². The molecule has 2 rings (SSSR count). The lowest BCUT2D eigenvalue weighted by atomic mass is 9.98. The zero-order valence-corrected chi connectivity index (χ0v) is 11.6. The van der Waals surface area contributed by atoms with Crippen molar-refractivity contribution in [1.29, 1.82) is 0 Å². The Kier molecular flexibility index (Phi) is 5.14. The molecule has 0 saturated carbocycles. The van der Waals surface area contributed by atoms with Crippen molar-refractivity contribution in [1.82, 2.24) is 15.2 Å². The summed E-state index contributed by atoms with van der Waals surface area (Å²) in [6, 6.07) is 5.48. The van der Waals surface area contributed by atoms with Gasteiger partial charge < -0.3 is 5.32 Å². The van der Waals surface area contributed by atoms with Crippen LogP contribution in [0, 0.1) is 0 Å². The van der Waals surface area contributed by atoms with Crippen molar-refractivity contribution >= 4 is 0 Å². The maximum atomic E-state index is 4.17. The van der Waals surface area contributed by atoms with Gasteiger partial charge in [-0.05, 0) is 51.4 Å². The third-order valence-electron chi connectivity index (χ3n) is 3.95. The number of hydrogen-bond acceptors (Lipinski definition) is 3. The van der Waals surface area contributed by atoms with Crippen molar-refractivity contribution < 1.29 is 0 Å². The summed E-state index contributed by atoms with van der Waals surface area (Å²) in [6.45, 7) is 4.51. The molecule has 0 aliphatic carbocycles. The summed E-state index contributed by atoms with van der Waals surface area (Å²) in [5, 5.41) is 3.63. The smallest absolute Gasteiger partial charge is 0.0312 e. The van der Waals surface area contributed by atoms with Crippen LogP contribution >= 0.6 is 0 Å². The van der Waals surface area contributed by atoms with E-state index >= 15 is 0 Å². The SMILES string of the molecule is CC(CC1CCCCN1)N(C)Cc1cccnc1. The Morgan fingerprint density at radius 2 is 2.39 bits per heavy atom. The molecule has 2 unspecified atom stereocenters. The molecular weight excluding hydrogens is 222 g/mol. The van der Waals surface area contributed by atoms with E-state index in [1.165, 1.54) is 37.8 Å². The lowest BCUT2D eigenvalue weighted by Crippen LogP contribution is -2.40. The quantitative estimate of drug-likeness (QED) is 0.866. The number of piperidine rings is 1. The van der Waals surface area contributed by atoms with Gasteiger partial charge in [0.25, 0.3) is 0 Å². The number of pyridine rings is 1. The minimum atomic E-state index is 0.612. The normalized spacial score (nSPS) is 22.1. The largest absolute Gasteiger partial charge is 0.314 e. The van der Waals surface area contributed by atoms with E-state index in [2.05, 4.69) is 35.2 Å². The van der Waals surface area contributed by atoms with Crippen molar-refractivity contribution in [3.8, 4) is 0 Å². The third-order valence-corrected chi connectivity index (χ3v) is 3.95. The molecule has 2 atom stereocenters. The van der Waals surface area contributed by atoms with Gasteiger partial charge in [-0.2, -0.15) is 0 Å². The molecule has 1 aromatic heterocycles. The second-order valence-corrected chi connectivity index (χ2v) is 5.51. The van der Waals surface area contributed by atoms with Gasteiger partial charge in [0.05, 0.1) is 0 Å². The fourth-order valence-electron chi connectivity index (χ4n) is 2.65.